The number of ether oxygens (including phenoxy) is 2. The molecule has 1 aromatic heterocycles. The molecule has 0 aliphatic heterocycles. The molecule has 0 saturated heterocycles. The van der Waals surface area contributed by atoms with E-state index in [1.165, 1.54) is 6.42 Å². The average Bonchev–Trinajstić information content (AvgIpc) is 2.40. The summed E-state index contributed by atoms with van der Waals surface area (Å²) in [5.74, 6) is 1.88. The standard InChI is InChI=1S/C14H11N2O2/c1-17-12-5-7-13(8-6-12)18-14-4-2-3-11(16-14)9-10-15/h2-9H,1H3. The molecule has 4 heteroatoms. The number of pyridine rings is 1. The normalized spacial score (nSPS) is 9.56. The number of benzene rings is 1. The number of nitrogens with zero attached hydrogens (tertiary/aromatic N) is 2. The molecule has 0 aliphatic carbocycles. The predicted octanol–water partition coefficient (Wildman–Crippen LogP) is 2.96. The van der Waals surface area contributed by atoms with Crippen molar-refractivity contribution in [3.63, 3.8) is 0 Å². The van der Waals surface area contributed by atoms with Gasteiger partial charge >= 0.3 is 0 Å². The Morgan fingerprint density at radius 1 is 1.11 bits per heavy atom. The first kappa shape index (κ1) is 11.9. The van der Waals surface area contributed by atoms with Gasteiger partial charge in [-0.1, -0.05) is 6.07 Å². The molecule has 0 spiro atoms. The van der Waals surface area contributed by atoms with E-state index in [-0.39, 0.29) is 0 Å². The fraction of sp³-hybridized carbons (Fsp3) is 0.0714. The van der Waals surface area contributed by atoms with E-state index < -0.39 is 0 Å². The lowest BCUT2D eigenvalue weighted by Crippen LogP contribution is -1.91. The molecule has 0 N–H and O–H groups in total. The lowest BCUT2D eigenvalue weighted by molar-refractivity contribution is 0.412. The van der Waals surface area contributed by atoms with Crippen molar-refractivity contribution in [3.8, 4) is 23.4 Å². The van der Waals surface area contributed by atoms with Gasteiger partial charge in [-0.05, 0) is 30.3 Å². The average molecular weight is 239 g/mol. The lowest BCUT2D eigenvalue weighted by Gasteiger charge is -2.06. The minimum atomic E-state index is 0.448. The zero-order valence-corrected chi connectivity index (χ0v) is 9.83. The third-order valence-electron chi connectivity index (χ3n) is 2.24. The van der Waals surface area contributed by atoms with Crippen molar-refractivity contribution in [2.45, 2.75) is 0 Å². The highest BCUT2D eigenvalue weighted by molar-refractivity contribution is 5.34. The van der Waals surface area contributed by atoms with E-state index >= 15 is 0 Å². The van der Waals surface area contributed by atoms with Gasteiger partial charge in [0.05, 0.1) is 18.9 Å². The summed E-state index contributed by atoms with van der Waals surface area (Å²) in [5.41, 5.74) is 0.573. The van der Waals surface area contributed by atoms with Crippen LogP contribution in [0.5, 0.6) is 17.4 Å². The summed E-state index contributed by atoms with van der Waals surface area (Å²) in [7, 11) is 1.61. The number of methoxy groups -OCH3 is 1. The largest absolute Gasteiger partial charge is 0.497 e. The molecule has 1 radical (unpaired) electrons. The SMILES string of the molecule is COc1ccc(Oc2cccc([CH]C#N)n2)cc1. The van der Waals surface area contributed by atoms with Crippen LogP contribution in [-0.4, -0.2) is 12.1 Å². The van der Waals surface area contributed by atoms with Gasteiger partial charge in [0.15, 0.2) is 0 Å². The summed E-state index contributed by atoms with van der Waals surface area (Å²) in [4.78, 5) is 4.17. The molecule has 1 aromatic carbocycles. The molecule has 18 heavy (non-hydrogen) atoms. The fourth-order valence-corrected chi connectivity index (χ4v) is 1.40. The Kier molecular flexibility index (Phi) is 3.77. The van der Waals surface area contributed by atoms with Crippen LogP contribution in [0, 0.1) is 17.8 Å². The first-order valence-corrected chi connectivity index (χ1v) is 5.33. The summed E-state index contributed by atoms with van der Waals surface area (Å²) >= 11 is 0. The van der Waals surface area contributed by atoms with Gasteiger partial charge in [-0.2, -0.15) is 5.26 Å². The molecule has 0 saturated carbocycles. The minimum Gasteiger partial charge on any atom is -0.497 e. The Labute approximate surface area is 105 Å². The monoisotopic (exact) mass is 239 g/mol. The van der Waals surface area contributed by atoms with Gasteiger partial charge in [0.25, 0.3) is 0 Å². The summed E-state index contributed by atoms with van der Waals surface area (Å²) < 4.78 is 10.6. The molecule has 0 aliphatic rings. The van der Waals surface area contributed by atoms with Crippen molar-refractivity contribution in [1.82, 2.24) is 4.98 Å². The highest BCUT2D eigenvalue weighted by Crippen LogP contribution is 2.22. The van der Waals surface area contributed by atoms with Crippen molar-refractivity contribution < 1.29 is 9.47 Å². The molecule has 0 atom stereocenters. The van der Waals surface area contributed by atoms with Crippen LogP contribution in [0.1, 0.15) is 5.69 Å². The van der Waals surface area contributed by atoms with Gasteiger partial charge in [-0.25, -0.2) is 4.98 Å². The second-order valence-electron chi connectivity index (χ2n) is 3.45. The Balaban J connectivity index is 2.12. The van der Waals surface area contributed by atoms with Crippen LogP contribution in [-0.2, 0) is 0 Å². The van der Waals surface area contributed by atoms with Gasteiger partial charge in [0.1, 0.15) is 17.9 Å². The van der Waals surface area contributed by atoms with Gasteiger partial charge in [-0.3, -0.25) is 0 Å². The smallest absolute Gasteiger partial charge is 0.219 e. The number of hydrogen-bond donors (Lipinski definition) is 0. The van der Waals surface area contributed by atoms with Crippen LogP contribution in [0.25, 0.3) is 0 Å². The second-order valence-corrected chi connectivity index (χ2v) is 3.45. The summed E-state index contributed by atoms with van der Waals surface area (Å²) in [6, 6.07) is 14.4. The van der Waals surface area contributed by atoms with Crippen molar-refractivity contribution in [1.29, 1.82) is 5.26 Å². The van der Waals surface area contributed by atoms with Crippen molar-refractivity contribution in [2.75, 3.05) is 7.11 Å². The van der Waals surface area contributed by atoms with E-state index in [2.05, 4.69) is 4.98 Å². The second kappa shape index (κ2) is 5.69. The van der Waals surface area contributed by atoms with Crippen LogP contribution >= 0.6 is 0 Å². The Hall–Kier alpha value is -2.54. The summed E-state index contributed by atoms with van der Waals surface area (Å²) in [5, 5.41) is 8.56. The lowest BCUT2D eigenvalue weighted by atomic mass is 10.3. The van der Waals surface area contributed by atoms with Gasteiger partial charge in [0, 0.05) is 6.07 Å². The molecular formula is C14H11N2O2. The molecule has 2 rings (SSSR count). The molecule has 1 heterocycles. The quantitative estimate of drug-likeness (QED) is 0.823. The highest BCUT2D eigenvalue weighted by atomic mass is 16.5. The minimum absolute atomic E-state index is 0.448. The van der Waals surface area contributed by atoms with Gasteiger partial charge in [0.2, 0.25) is 5.88 Å². The Morgan fingerprint density at radius 2 is 1.83 bits per heavy atom. The Morgan fingerprint density at radius 3 is 2.50 bits per heavy atom. The number of hydrogen-bond acceptors (Lipinski definition) is 4. The molecule has 0 amide bonds. The first-order valence-electron chi connectivity index (χ1n) is 5.33. The van der Waals surface area contributed by atoms with Crippen molar-refractivity contribution >= 4 is 0 Å². The molecular weight excluding hydrogens is 228 g/mol. The van der Waals surface area contributed by atoms with Crippen LogP contribution in [0.2, 0.25) is 0 Å². The van der Waals surface area contributed by atoms with E-state index in [1.54, 1.807) is 49.6 Å². The van der Waals surface area contributed by atoms with E-state index in [0.717, 1.165) is 5.75 Å². The fourth-order valence-electron chi connectivity index (χ4n) is 1.40. The van der Waals surface area contributed by atoms with E-state index in [4.69, 9.17) is 14.7 Å². The molecule has 4 nitrogen and oxygen atoms in total. The van der Waals surface area contributed by atoms with Crippen LogP contribution in [0.15, 0.2) is 42.5 Å². The highest BCUT2D eigenvalue weighted by Gasteiger charge is 2.01. The number of rotatable bonds is 4. The predicted molar refractivity (Wildman–Crippen MR) is 66.3 cm³/mol. The van der Waals surface area contributed by atoms with E-state index in [9.17, 15) is 0 Å². The van der Waals surface area contributed by atoms with E-state index in [0.29, 0.717) is 17.3 Å². The van der Waals surface area contributed by atoms with Crippen molar-refractivity contribution in [3.05, 3.63) is 54.6 Å². The zero-order chi connectivity index (χ0) is 12.8. The first-order chi connectivity index (χ1) is 8.81. The van der Waals surface area contributed by atoms with Gasteiger partial charge < -0.3 is 9.47 Å². The molecule has 2 aromatic rings. The Bertz CT molecular complexity index is 559. The maximum Gasteiger partial charge on any atom is 0.219 e. The third-order valence-corrected chi connectivity index (χ3v) is 2.24. The van der Waals surface area contributed by atoms with Crippen LogP contribution in [0.4, 0.5) is 0 Å². The topological polar surface area (TPSA) is 55.1 Å². The summed E-state index contributed by atoms with van der Waals surface area (Å²) in [6.45, 7) is 0. The number of aromatic nitrogens is 1. The third kappa shape index (κ3) is 2.98. The molecule has 0 unspecified atom stereocenters. The van der Waals surface area contributed by atoms with Crippen molar-refractivity contribution in [2.24, 2.45) is 0 Å². The maximum absolute atomic E-state index is 8.56. The zero-order valence-electron chi connectivity index (χ0n) is 9.83. The number of nitriles is 1. The summed E-state index contributed by atoms with van der Waals surface area (Å²) in [6.07, 6.45) is 1.36. The molecule has 89 valence electrons. The van der Waals surface area contributed by atoms with Crippen LogP contribution in [0.3, 0.4) is 0 Å². The van der Waals surface area contributed by atoms with E-state index in [1.807, 2.05) is 6.07 Å². The van der Waals surface area contributed by atoms with Crippen LogP contribution < -0.4 is 9.47 Å². The van der Waals surface area contributed by atoms with Gasteiger partial charge in [-0.15, -0.1) is 0 Å². The molecule has 0 bridgehead atoms. The molecule has 0 fully saturated rings. The maximum atomic E-state index is 8.56.